The molecule has 1 N–H and O–H groups in total. The van der Waals surface area contributed by atoms with Gasteiger partial charge in [-0.2, -0.15) is 0 Å². The molecule has 0 saturated carbocycles. The van der Waals surface area contributed by atoms with Gasteiger partial charge < -0.3 is 14.5 Å². The molecule has 5 rings (SSSR count). The number of para-hydroxylation sites is 1. The predicted molar refractivity (Wildman–Crippen MR) is 118 cm³/mol. The maximum absolute atomic E-state index is 13.0. The van der Waals surface area contributed by atoms with Crippen molar-refractivity contribution in [2.45, 2.75) is 23.8 Å². The van der Waals surface area contributed by atoms with Crippen molar-refractivity contribution in [3.05, 3.63) is 72.3 Å². The van der Waals surface area contributed by atoms with Gasteiger partial charge in [0.1, 0.15) is 11.2 Å². The van der Waals surface area contributed by atoms with Gasteiger partial charge >= 0.3 is 0 Å². The van der Waals surface area contributed by atoms with Crippen LogP contribution in [0.5, 0.6) is 0 Å². The lowest BCUT2D eigenvalue weighted by atomic mass is 10.1. The molecule has 1 unspecified atom stereocenters. The Morgan fingerprint density at radius 1 is 1.00 bits per heavy atom. The van der Waals surface area contributed by atoms with E-state index in [0.29, 0.717) is 5.56 Å². The molecule has 1 fully saturated rings. The molecule has 0 radical (unpaired) electrons. The van der Waals surface area contributed by atoms with Crippen molar-refractivity contribution in [2.75, 3.05) is 17.7 Å². The van der Waals surface area contributed by atoms with E-state index in [-0.39, 0.29) is 12.0 Å². The van der Waals surface area contributed by atoms with Crippen LogP contribution in [0.3, 0.4) is 0 Å². The van der Waals surface area contributed by atoms with Crippen molar-refractivity contribution >= 4 is 45.3 Å². The molecule has 1 aliphatic heterocycles. The quantitative estimate of drug-likeness (QED) is 0.409. The minimum Gasteiger partial charge on any atom is -0.456 e. The van der Waals surface area contributed by atoms with E-state index >= 15 is 0 Å². The van der Waals surface area contributed by atoms with Gasteiger partial charge in [0.25, 0.3) is 5.91 Å². The summed E-state index contributed by atoms with van der Waals surface area (Å²) in [5.41, 5.74) is 3.02. The zero-order chi connectivity index (χ0) is 19.6. The zero-order valence-electron chi connectivity index (χ0n) is 15.9. The molecule has 1 amide bonds. The number of hydrogen-bond donors (Lipinski definition) is 1. The molecule has 1 aromatic heterocycles. The summed E-state index contributed by atoms with van der Waals surface area (Å²) in [5, 5.41) is 5.15. The van der Waals surface area contributed by atoms with Gasteiger partial charge in [-0.1, -0.05) is 30.3 Å². The monoisotopic (exact) mass is 403 g/mol. The first-order chi connectivity index (χ1) is 14.3. The summed E-state index contributed by atoms with van der Waals surface area (Å²) in [4.78, 5) is 13.9. The smallest absolute Gasteiger partial charge is 0.256 e. The Bertz CT molecular complexity index is 1180. The van der Waals surface area contributed by atoms with Gasteiger partial charge in [0.2, 0.25) is 0 Å². The van der Waals surface area contributed by atoms with Gasteiger partial charge in [-0.3, -0.25) is 4.79 Å². The number of rotatable bonds is 5. The van der Waals surface area contributed by atoms with Crippen molar-refractivity contribution in [3.8, 4) is 0 Å². The maximum Gasteiger partial charge on any atom is 0.256 e. The number of anilines is 1. The average Bonchev–Trinajstić information content (AvgIpc) is 3.39. The van der Waals surface area contributed by atoms with E-state index in [2.05, 4.69) is 5.32 Å². The number of carbonyl (C=O) groups excluding carboxylic acids is 1. The zero-order valence-corrected chi connectivity index (χ0v) is 16.7. The van der Waals surface area contributed by atoms with Crippen LogP contribution in [-0.4, -0.2) is 24.4 Å². The third kappa shape index (κ3) is 3.76. The summed E-state index contributed by atoms with van der Waals surface area (Å²) in [6, 6.07) is 21.5. The number of furan rings is 1. The fraction of sp³-hybridized carbons (Fsp3) is 0.208. The fourth-order valence-corrected chi connectivity index (χ4v) is 4.86. The number of fused-ring (bicyclic) bond motifs is 3. The van der Waals surface area contributed by atoms with Gasteiger partial charge in [0.05, 0.1) is 11.7 Å². The number of ether oxygens (including phenoxy) is 1. The molecule has 5 heteroatoms. The molecule has 1 aliphatic rings. The fourth-order valence-electron chi connectivity index (χ4n) is 3.74. The Balaban J connectivity index is 1.36. The summed E-state index contributed by atoms with van der Waals surface area (Å²) in [6.07, 6.45) is 2.50. The number of nitrogens with one attached hydrogen (secondary N) is 1. The molecule has 3 aromatic carbocycles. The molecule has 4 aromatic rings. The van der Waals surface area contributed by atoms with Crippen LogP contribution in [0.1, 0.15) is 23.2 Å². The van der Waals surface area contributed by atoms with Crippen molar-refractivity contribution in [1.29, 1.82) is 0 Å². The van der Waals surface area contributed by atoms with Crippen molar-refractivity contribution in [2.24, 2.45) is 0 Å². The van der Waals surface area contributed by atoms with Gasteiger partial charge in [0, 0.05) is 39.8 Å². The summed E-state index contributed by atoms with van der Waals surface area (Å²) >= 11 is 1.68. The number of benzene rings is 3. The van der Waals surface area contributed by atoms with Gasteiger partial charge in [-0.25, -0.2) is 0 Å². The SMILES string of the molecule is O=C(Nc1ccc2c(c1)oc1ccccc12)c1ccccc1SCC1CCCO1. The molecule has 0 spiro atoms. The first-order valence-corrected chi connectivity index (χ1v) is 10.8. The van der Waals surface area contributed by atoms with Crippen LogP contribution in [0.15, 0.2) is 76.0 Å². The maximum atomic E-state index is 13.0. The second-order valence-electron chi connectivity index (χ2n) is 7.21. The Labute approximate surface area is 173 Å². The standard InChI is InChI=1S/C24H21NO3S/c26-24(20-8-2-4-10-23(20)29-15-17-6-5-13-27-17)25-16-11-12-19-18-7-1-3-9-21(18)28-22(19)14-16/h1-4,7-12,14,17H,5-6,13,15H2,(H,25,26). The van der Waals surface area contributed by atoms with Gasteiger partial charge in [0.15, 0.2) is 0 Å². The minimum atomic E-state index is -0.115. The molecule has 29 heavy (non-hydrogen) atoms. The molecular weight excluding hydrogens is 382 g/mol. The second kappa shape index (κ2) is 7.93. The molecular formula is C24H21NO3S. The van der Waals surface area contributed by atoms with Gasteiger partial charge in [-0.15, -0.1) is 11.8 Å². The third-order valence-electron chi connectivity index (χ3n) is 5.22. The highest BCUT2D eigenvalue weighted by Crippen LogP contribution is 2.31. The Morgan fingerprint density at radius 3 is 2.72 bits per heavy atom. The predicted octanol–water partition coefficient (Wildman–Crippen LogP) is 6.11. The normalized spacial score (nSPS) is 16.5. The van der Waals surface area contributed by atoms with Crippen molar-refractivity contribution < 1.29 is 13.9 Å². The van der Waals surface area contributed by atoms with E-state index in [1.165, 1.54) is 0 Å². The summed E-state index contributed by atoms with van der Waals surface area (Å²) in [5.74, 6) is 0.755. The topological polar surface area (TPSA) is 51.5 Å². The number of hydrogen-bond acceptors (Lipinski definition) is 4. The molecule has 4 nitrogen and oxygen atoms in total. The van der Waals surface area contributed by atoms with E-state index in [1.807, 2.05) is 66.7 Å². The summed E-state index contributed by atoms with van der Waals surface area (Å²) < 4.78 is 11.6. The highest BCUT2D eigenvalue weighted by atomic mass is 32.2. The lowest BCUT2D eigenvalue weighted by Gasteiger charge is -2.12. The van der Waals surface area contributed by atoms with Crippen LogP contribution in [0.4, 0.5) is 5.69 Å². The Morgan fingerprint density at radius 2 is 1.83 bits per heavy atom. The molecule has 0 bridgehead atoms. The molecule has 1 atom stereocenters. The lowest BCUT2D eigenvalue weighted by Crippen LogP contribution is -2.14. The van der Waals surface area contributed by atoms with Crippen molar-refractivity contribution in [3.63, 3.8) is 0 Å². The van der Waals surface area contributed by atoms with E-state index in [0.717, 1.165) is 57.7 Å². The first-order valence-electron chi connectivity index (χ1n) is 9.84. The van der Waals surface area contributed by atoms with Crippen LogP contribution >= 0.6 is 11.8 Å². The summed E-state index contributed by atoms with van der Waals surface area (Å²) in [6.45, 7) is 0.845. The van der Waals surface area contributed by atoms with Crippen LogP contribution in [-0.2, 0) is 4.74 Å². The lowest BCUT2D eigenvalue weighted by molar-refractivity contribution is 0.102. The van der Waals surface area contributed by atoms with E-state index in [1.54, 1.807) is 11.8 Å². The number of carbonyl (C=O) groups is 1. The first kappa shape index (κ1) is 18.3. The largest absolute Gasteiger partial charge is 0.456 e. The third-order valence-corrected chi connectivity index (χ3v) is 6.42. The van der Waals surface area contributed by atoms with Crippen LogP contribution < -0.4 is 5.32 Å². The van der Waals surface area contributed by atoms with Crippen LogP contribution in [0.25, 0.3) is 21.9 Å². The second-order valence-corrected chi connectivity index (χ2v) is 8.27. The number of thioether (sulfide) groups is 1. The van der Waals surface area contributed by atoms with Crippen LogP contribution in [0.2, 0.25) is 0 Å². The highest BCUT2D eigenvalue weighted by Gasteiger charge is 2.18. The van der Waals surface area contributed by atoms with E-state index < -0.39 is 0 Å². The molecule has 0 aliphatic carbocycles. The Kier molecular flexibility index (Phi) is 5.00. The molecule has 1 saturated heterocycles. The highest BCUT2D eigenvalue weighted by molar-refractivity contribution is 7.99. The average molecular weight is 404 g/mol. The Hall–Kier alpha value is -2.76. The van der Waals surface area contributed by atoms with Crippen LogP contribution in [0, 0.1) is 0 Å². The summed E-state index contributed by atoms with van der Waals surface area (Å²) in [7, 11) is 0. The van der Waals surface area contributed by atoms with Gasteiger partial charge in [-0.05, 0) is 43.2 Å². The number of amides is 1. The molecule has 2 heterocycles. The molecule has 146 valence electrons. The van der Waals surface area contributed by atoms with E-state index in [9.17, 15) is 4.79 Å². The van der Waals surface area contributed by atoms with Crippen molar-refractivity contribution in [1.82, 2.24) is 0 Å². The van der Waals surface area contributed by atoms with E-state index in [4.69, 9.17) is 9.15 Å². The minimum absolute atomic E-state index is 0.115.